The minimum Gasteiger partial charge on any atom is -0.465 e. The molecule has 3 nitrogen and oxygen atoms in total. The number of carbonyl (C=O) groups excluding carboxylic acids is 1. The van der Waals surface area contributed by atoms with Gasteiger partial charge in [0.05, 0.1) is 17.3 Å². The maximum absolute atomic E-state index is 11.8. The summed E-state index contributed by atoms with van der Waals surface area (Å²) in [4.78, 5) is 12.7. The van der Waals surface area contributed by atoms with Crippen LogP contribution in [0.3, 0.4) is 0 Å². The summed E-state index contributed by atoms with van der Waals surface area (Å²) >= 11 is 7.43. The monoisotopic (exact) mass is 287 g/mol. The number of nitrogen functional groups attached to an aromatic ring is 1. The van der Waals surface area contributed by atoms with Crippen LogP contribution in [0, 0.1) is 0 Å². The molecule has 0 bridgehead atoms. The van der Waals surface area contributed by atoms with Crippen molar-refractivity contribution in [3.05, 3.63) is 23.2 Å². The lowest BCUT2D eigenvalue weighted by atomic mass is 10.2. The van der Waals surface area contributed by atoms with E-state index in [2.05, 4.69) is 0 Å². The molecule has 0 fully saturated rings. The zero-order valence-corrected chi connectivity index (χ0v) is 12.2. The van der Waals surface area contributed by atoms with Crippen LogP contribution in [0.15, 0.2) is 23.1 Å². The van der Waals surface area contributed by atoms with Gasteiger partial charge in [0.25, 0.3) is 0 Å². The van der Waals surface area contributed by atoms with Crippen LogP contribution in [-0.2, 0) is 9.53 Å². The van der Waals surface area contributed by atoms with E-state index in [9.17, 15) is 4.79 Å². The smallest absolute Gasteiger partial charge is 0.319 e. The summed E-state index contributed by atoms with van der Waals surface area (Å²) in [5, 5.41) is 0.328. The fraction of sp³-hybridized carbons (Fsp3) is 0.462. The third-order valence-electron chi connectivity index (χ3n) is 2.35. The first-order valence-electron chi connectivity index (χ1n) is 5.96. The number of anilines is 1. The molecule has 0 aliphatic heterocycles. The van der Waals surface area contributed by atoms with E-state index in [0.29, 0.717) is 17.3 Å². The van der Waals surface area contributed by atoms with Crippen molar-refractivity contribution in [3.63, 3.8) is 0 Å². The van der Waals surface area contributed by atoms with Gasteiger partial charge in [-0.15, -0.1) is 11.8 Å². The van der Waals surface area contributed by atoms with Gasteiger partial charge in [-0.2, -0.15) is 0 Å². The second-order valence-electron chi connectivity index (χ2n) is 3.83. The molecule has 0 aliphatic carbocycles. The van der Waals surface area contributed by atoms with Gasteiger partial charge in [-0.25, -0.2) is 0 Å². The number of rotatable bonds is 6. The Morgan fingerprint density at radius 3 is 2.78 bits per heavy atom. The maximum atomic E-state index is 11.8. The number of carbonyl (C=O) groups is 1. The fourth-order valence-electron chi connectivity index (χ4n) is 1.47. The Bertz CT molecular complexity index is 412. The quantitative estimate of drug-likeness (QED) is 0.492. The lowest BCUT2D eigenvalue weighted by Crippen LogP contribution is -2.20. The summed E-state index contributed by atoms with van der Waals surface area (Å²) in [6, 6.07) is 5.40. The standard InChI is InChI=1S/C13H18ClNO2S/c1-3-5-12(13(16)17-4-2)18-9-6-7-11(15)10(14)8-9/h6-8,12H,3-5,15H2,1-2H3. The molecule has 2 N–H and O–H groups in total. The van der Waals surface area contributed by atoms with Gasteiger partial charge in [0.1, 0.15) is 5.25 Å². The van der Waals surface area contributed by atoms with Crippen LogP contribution in [0.25, 0.3) is 0 Å². The lowest BCUT2D eigenvalue weighted by molar-refractivity contribution is -0.142. The molecule has 0 heterocycles. The first-order chi connectivity index (χ1) is 8.58. The van der Waals surface area contributed by atoms with Gasteiger partial charge in [-0.05, 0) is 31.5 Å². The van der Waals surface area contributed by atoms with Crippen molar-refractivity contribution in [1.82, 2.24) is 0 Å². The van der Waals surface area contributed by atoms with Crippen LogP contribution in [0.1, 0.15) is 26.7 Å². The number of benzene rings is 1. The number of hydrogen-bond donors (Lipinski definition) is 1. The highest BCUT2D eigenvalue weighted by Crippen LogP contribution is 2.31. The second-order valence-corrected chi connectivity index (χ2v) is 5.51. The van der Waals surface area contributed by atoms with Crippen LogP contribution < -0.4 is 5.73 Å². The van der Waals surface area contributed by atoms with Crippen molar-refractivity contribution in [2.24, 2.45) is 0 Å². The van der Waals surface area contributed by atoms with Crippen LogP contribution in [0.2, 0.25) is 5.02 Å². The molecule has 0 spiro atoms. The predicted molar refractivity (Wildman–Crippen MR) is 77.1 cm³/mol. The second kappa shape index (κ2) is 7.54. The van der Waals surface area contributed by atoms with E-state index in [1.807, 2.05) is 19.9 Å². The molecule has 5 heteroatoms. The Balaban J connectivity index is 2.76. The van der Waals surface area contributed by atoms with Gasteiger partial charge in [0.15, 0.2) is 0 Å². The highest BCUT2D eigenvalue weighted by atomic mass is 35.5. The number of esters is 1. The summed E-state index contributed by atoms with van der Waals surface area (Å²) in [6.45, 7) is 4.26. The summed E-state index contributed by atoms with van der Waals surface area (Å²) in [5.74, 6) is -0.169. The molecule has 0 aliphatic rings. The zero-order chi connectivity index (χ0) is 13.5. The van der Waals surface area contributed by atoms with E-state index in [1.165, 1.54) is 11.8 Å². The number of hydrogen-bond acceptors (Lipinski definition) is 4. The molecular weight excluding hydrogens is 270 g/mol. The van der Waals surface area contributed by atoms with E-state index in [1.54, 1.807) is 12.1 Å². The van der Waals surface area contributed by atoms with E-state index in [0.717, 1.165) is 17.7 Å². The van der Waals surface area contributed by atoms with Crippen molar-refractivity contribution in [1.29, 1.82) is 0 Å². The van der Waals surface area contributed by atoms with Gasteiger partial charge in [0, 0.05) is 4.90 Å². The normalized spacial score (nSPS) is 12.2. The van der Waals surface area contributed by atoms with Gasteiger partial charge < -0.3 is 10.5 Å². The Morgan fingerprint density at radius 1 is 1.50 bits per heavy atom. The molecule has 1 unspecified atom stereocenters. The Labute approximate surface area is 117 Å². The summed E-state index contributed by atoms with van der Waals surface area (Å²) in [5.41, 5.74) is 6.20. The number of ether oxygens (including phenoxy) is 1. The van der Waals surface area contributed by atoms with E-state index in [4.69, 9.17) is 22.1 Å². The Kier molecular flexibility index (Phi) is 6.36. The molecule has 1 rings (SSSR count). The summed E-state index contributed by atoms with van der Waals surface area (Å²) in [7, 11) is 0. The summed E-state index contributed by atoms with van der Waals surface area (Å²) in [6.07, 6.45) is 1.71. The van der Waals surface area contributed by atoms with Crippen LogP contribution in [0.4, 0.5) is 5.69 Å². The van der Waals surface area contributed by atoms with Gasteiger partial charge >= 0.3 is 5.97 Å². The van der Waals surface area contributed by atoms with Crippen LogP contribution >= 0.6 is 23.4 Å². The average Bonchev–Trinajstić information content (AvgIpc) is 2.33. The molecule has 1 atom stereocenters. The van der Waals surface area contributed by atoms with Crippen molar-refractivity contribution in [3.8, 4) is 0 Å². The van der Waals surface area contributed by atoms with Crippen molar-refractivity contribution in [2.45, 2.75) is 36.8 Å². The molecule has 0 saturated heterocycles. The van der Waals surface area contributed by atoms with Gasteiger partial charge in [-0.3, -0.25) is 4.79 Å². The van der Waals surface area contributed by atoms with E-state index in [-0.39, 0.29) is 11.2 Å². The first-order valence-corrected chi connectivity index (χ1v) is 7.22. The van der Waals surface area contributed by atoms with Crippen LogP contribution in [0.5, 0.6) is 0 Å². The molecule has 0 saturated carbocycles. The largest absolute Gasteiger partial charge is 0.465 e. The number of thioether (sulfide) groups is 1. The van der Waals surface area contributed by atoms with Gasteiger partial charge in [0.2, 0.25) is 0 Å². The molecule has 0 radical (unpaired) electrons. The van der Waals surface area contributed by atoms with E-state index >= 15 is 0 Å². The zero-order valence-electron chi connectivity index (χ0n) is 10.6. The maximum Gasteiger partial charge on any atom is 0.319 e. The molecule has 18 heavy (non-hydrogen) atoms. The highest BCUT2D eigenvalue weighted by Gasteiger charge is 2.20. The first kappa shape index (κ1) is 15.2. The van der Waals surface area contributed by atoms with Gasteiger partial charge in [-0.1, -0.05) is 24.9 Å². The highest BCUT2D eigenvalue weighted by molar-refractivity contribution is 8.00. The number of halogens is 1. The molecule has 1 aromatic carbocycles. The Hall–Kier alpha value is -0.870. The topological polar surface area (TPSA) is 52.3 Å². The molecule has 1 aromatic rings. The fourth-order valence-corrected chi connectivity index (χ4v) is 2.89. The summed E-state index contributed by atoms with van der Waals surface area (Å²) < 4.78 is 5.07. The van der Waals surface area contributed by atoms with E-state index < -0.39 is 0 Å². The SMILES string of the molecule is CCCC(Sc1ccc(N)c(Cl)c1)C(=O)OCC. The molecule has 0 amide bonds. The molecule has 100 valence electrons. The van der Waals surface area contributed by atoms with Crippen molar-refractivity contribution < 1.29 is 9.53 Å². The minimum absolute atomic E-state index is 0.169. The lowest BCUT2D eigenvalue weighted by Gasteiger charge is -2.14. The molecule has 0 aromatic heterocycles. The average molecular weight is 288 g/mol. The third kappa shape index (κ3) is 4.42. The Morgan fingerprint density at radius 2 is 2.22 bits per heavy atom. The van der Waals surface area contributed by atoms with Crippen LogP contribution in [-0.4, -0.2) is 17.8 Å². The predicted octanol–water partition coefficient (Wildman–Crippen LogP) is 3.75. The molecular formula is C13H18ClNO2S. The minimum atomic E-state index is -0.186. The number of nitrogens with two attached hydrogens (primary N) is 1. The van der Waals surface area contributed by atoms with Crippen molar-refractivity contribution in [2.75, 3.05) is 12.3 Å². The van der Waals surface area contributed by atoms with Crippen molar-refractivity contribution >= 4 is 35.0 Å². The third-order valence-corrected chi connectivity index (χ3v) is 3.92.